The highest BCUT2D eigenvalue weighted by Crippen LogP contribution is 2.32. The third kappa shape index (κ3) is 2.49. The Morgan fingerprint density at radius 3 is 2.73 bits per heavy atom. The van der Waals surface area contributed by atoms with Crippen LogP contribution in [0.5, 0.6) is 0 Å². The van der Waals surface area contributed by atoms with Crippen LogP contribution in [0, 0.1) is 5.92 Å². The van der Waals surface area contributed by atoms with Crippen molar-refractivity contribution in [3.8, 4) is 0 Å². The molecule has 0 spiro atoms. The van der Waals surface area contributed by atoms with Crippen molar-refractivity contribution in [3.63, 3.8) is 0 Å². The van der Waals surface area contributed by atoms with Crippen molar-refractivity contribution in [2.45, 2.75) is 44.2 Å². The molecule has 0 aromatic carbocycles. The zero-order valence-electron chi connectivity index (χ0n) is 9.20. The lowest BCUT2D eigenvalue weighted by Crippen LogP contribution is -2.63. The summed E-state index contributed by atoms with van der Waals surface area (Å²) in [5.74, 6) is 0.899. The summed E-state index contributed by atoms with van der Waals surface area (Å²) in [7, 11) is 1.57. The maximum Gasteiger partial charge on any atom is 0.251 e. The Bertz CT molecular complexity index is 228. The first-order valence-corrected chi connectivity index (χ1v) is 5.72. The van der Waals surface area contributed by atoms with Crippen molar-refractivity contribution >= 4 is 5.91 Å². The highest BCUT2D eigenvalue weighted by Gasteiger charge is 2.40. The smallest absolute Gasteiger partial charge is 0.251 e. The molecule has 0 radical (unpaired) electrons. The molecule has 0 aromatic heterocycles. The van der Waals surface area contributed by atoms with Crippen molar-refractivity contribution in [3.05, 3.63) is 0 Å². The highest BCUT2D eigenvalue weighted by molar-refractivity contribution is 5.88. The molecule has 1 heterocycles. The van der Waals surface area contributed by atoms with Crippen LogP contribution in [0.15, 0.2) is 0 Å². The molecule has 1 saturated heterocycles. The monoisotopic (exact) mass is 213 g/mol. The quantitative estimate of drug-likeness (QED) is 0.530. The minimum absolute atomic E-state index is 0.00524. The molecule has 2 atom stereocenters. The fourth-order valence-corrected chi connectivity index (χ4v) is 2.18. The number of nitrogens with one attached hydrogen (secondary N) is 1. The molecule has 86 valence electrons. The Balaban J connectivity index is 1.65. The molecule has 1 N–H and O–H groups in total. The van der Waals surface area contributed by atoms with E-state index in [0.29, 0.717) is 0 Å². The fraction of sp³-hybridized carbons (Fsp3) is 0.909. The largest absolute Gasteiger partial charge is 0.359 e. The predicted octanol–water partition coefficient (Wildman–Crippen LogP) is 1.05. The van der Waals surface area contributed by atoms with Gasteiger partial charge >= 0.3 is 0 Å². The lowest BCUT2D eigenvalue weighted by molar-refractivity contribution is -0.161. The predicted molar refractivity (Wildman–Crippen MR) is 55.3 cm³/mol. The number of hydrogen-bond donors (Lipinski definition) is 1. The van der Waals surface area contributed by atoms with E-state index in [-0.39, 0.29) is 24.8 Å². The molecule has 0 aromatic rings. The van der Waals surface area contributed by atoms with Gasteiger partial charge in [-0.3, -0.25) is 4.79 Å². The van der Waals surface area contributed by atoms with Gasteiger partial charge in [-0.25, -0.2) is 0 Å². The number of hydrogen-bond acceptors (Lipinski definition) is 3. The van der Waals surface area contributed by atoms with Crippen molar-refractivity contribution in [2.24, 2.45) is 5.92 Å². The lowest BCUT2D eigenvalue weighted by Gasteiger charge is -2.37. The van der Waals surface area contributed by atoms with Gasteiger partial charge in [0.05, 0.1) is 6.04 Å². The average molecular weight is 213 g/mol. The molecule has 2 rings (SSSR count). The normalized spacial score (nSPS) is 30.6. The van der Waals surface area contributed by atoms with E-state index in [1.165, 1.54) is 25.7 Å². The molecule has 15 heavy (non-hydrogen) atoms. The van der Waals surface area contributed by atoms with Crippen molar-refractivity contribution in [2.75, 3.05) is 13.9 Å². The number of amides is 1. The second-order valence-corrected chi connectivity index (χ2v) is 4.48. The van der Waals surface area contributed by atoms with E-state index in [1.807, 2.05) is 0 Å². The summed E-state index contributed by atoms with van der Waals surface area (Å²) < 4.78 is 10.1. The summed E-state index contributed by atoms with van der Waals surface area (Å²) in [6.45, 7) is 0.206. The second kappa shape index (κ2) is 4.94. The van der Waals surface area contributed by atoms with E-state index >= 15 is 0 Å². The summed E-state index contributed by atoms with van der Waals surface area (Å²) >= 11 is 0. The van der Waals surface area contributed by atoms with Crippen LogP contribution in [0.3, 0.4) is 0 Å². The number of methoxy groups -OCH3 is 1. The number of ether oxygens (including phenoxy) is 2. The summed E-state index contributed by atoms with van der Waals surface area (Å²) in [5, 5.41) is 2.89. The van der Waals surface area contributed by atoms with E-state index in [4.69, 9.17) is 9.47 Å². The van der Waals surface area contributed by atoms with E-state index in [2.05, 4.69) is 5.32 Å². The highest BCUT2D eigenvalue weighted by atomic mass is 16.7. The molecule has 1 aliphatic carbocycles. The van der Waals surface area contributed by atoms with E-state index in [9.17, 15) is 4.79 Å². The zero-order chi connectivity index (χ0) is 10.7. The van der Waals surface area contributed by atoms with Crippen molar-refractivity contribution in [1.82, 2.24) is 5.32 Å². The van der Waals surface area contributed by atoms with E-state index in [1.54, 1.807) is 7.11 Å². The molecule has 2 fully saturated rings. The summed E-state index contributed by atoms with van der Waals surface area (Å²) in [4.78, 5) is 11.2. The minimum atomic E-state index is -0.273. The molecule has 1 saturated carbocycles. The first-order chi connectivity index (χ1) is 7.31. The summed E-state index contributed by atoms with van der Waals surface area (Å²) in [6, 6.07) is 0.216. The van der Waals surface area contributed by atoms with Crippen LogP contribution in [-0.2, 0) is 14.3 Å². The first kappa shape index (κ1) is 10.9. The van der Waals surface area contributed by atoms with E-state index < -0.39 is 0 Å². The van der Waals surface area contributed by atoms with Gasteiger partial charge in [0, 0.05) is 7.11 Å². The third-order valence-electron chi connectivity index (χ3n) is 3.43. The first-order valence-electron chi connectivity index (χ1n) is 5.72. The zero-order valence-corrected chi connectivity index (χ0v) is 9.20. The average Bonchev–Trinajstić information content (AvgIpc) is 2.14. The Morgan fingerprint density at radius 1 is 1.40 bits per heavy atom. The van der Waals surface area contributed by atoms with Gasteiger partial charge in [0.25, 0.3) is 5.91 Å². The Hall–Kier alpha value is -0.610. The number of carbonyl (C=O) groups excluding carboxylic acids is 1. The van der Waals surface area contributed by atoms with Gasteiger partial charge in [0.15, 0.2) is 6.10 Å². The third-order valence-corrected chi connectivity index (χ3v) is 3.43. The van der Waals surface area contributed by atoms with Gasteiger partial charge in [-0.2, -0.15) is 0 Å². The maximum atomic E-state index is 11.2. The standard InChI is InChI=1S/C11H19NO3/c1-14-7-15-10-9(12-11(10)13)6-5-8-3-2-4-8/h8-10H,2-7H2,1H3,(H,12,13)/t9?,10-/m1/s1. The van der Waals surface area contributed by atoms with E-state index in [0.717, 1.165) is 12.3 Å². The molecule has 1 aliphatic heterocycles. The SMILES string of the molecule is COCO[C@H]1C(=O)NC1CCC1CCC1. The van der Waals surface area contributed by atoms with Crippen LogP contribution >= 0.6 is 0 Å². The fourth-order valence-electron chi connectivity index (χ4n) is 2.18. The molecule has 4 heteroatoms. The van der Waals surface area contributed by atoms with Gasteiger partial charge < -0.3 is 14.8 Å². The van der Waals surface area contributed by atoms with Crippen LogP contribution in [0.4, 0.5) is 0 Å². The van der Waals surface area contributed by atoms with Gasteiger partial charge in [0.2, 0.25) is 0 Å². The molecule has 4 nitrogen and oxygen atoms in total. The van der Waals surface area contributed by atoms with Crippen LogP contribution in [0.1, 0.15) is 32.1 Å². The van der Waals surface area contributed by atoms with Crippen LogP contribution in [0.25, 0.3) is 0 Å². The topological polar surface area (TPSA) is 47.6 Å². The molecule has 1 unspecified atom stereocenters. The van der Waals surface area contributed by atoms with Crippen LogP contribution in [0.2, 0.25) is 0 Å². The molecular weight excluding hydrogens is 194 g/mol. The summed E-state index contributed by atoms with van der Waals surface area (Å²) in [5.41, 5.74) is 0. The maximum absolute atomic E-state index is 11.2. The Kier molecular flexibility index (Phi) is 3.59. The van der Waals surface area contributed by atoms with Gasteiger partial charge in [-0.1, -0.05) is 19.3 Å². The van der Waals surface area contributed by atoms with Crippen molar-refractivity contribution in [1.29, 1.82) is 0 Å². The number of carbonyl (C=O) groups is 1. The minimum Gasteiger partial charge on any atom is -0.359 e. The number of rotatable bonds is 6. The summed E-state index contributed by atoms with van der Waals surface area (Å²) in [6.07, 6.45) is 6.10. The van der Waals surface area contributed by atoms with Gasteiger partial charge in [-0.15, -0.1) is 0 Å². The molecule has 0 bridgehead atoms. The second-order valence-electron chi connectivity index (χ2n) is 4.48. The Labute approximate surface area is 90.3 Å². The molecule has 1 amide bonds. The number of β-lactam (4-membered cyclic amide) rings is 1. The molecular formula is C11H19NO3. The van der Waals surface area contributed by atoms with Crippen molar-refractivity contribution < 1.29 is 14.3 Å². The van der Waals surface area contributed by atoms with Crippen LogP contribution < -0.4 is 5.32 Å². The van der Waals surface area contributed by atoms with Crippen LogP contribution in [-0.4, -0.2) is 32.0 Å². The Morgan fingerprint density at radius 2 is 2.20 bits per heavy atom. The van der Waals surface area contributed by atoms with Gasteiger partial charge in [-0.05, 0) is 18.8 Å². The molecule has 2 aliphatic rings. The van der Waals surface area contributed by atoms with Gasteiger partial charge in [0.1, 0.15) is 6.79 Å². The lowest BCUT2D eigenvalue weighted by atomic mass is 9.80.